The first-order valence-corrected chi connectivity index (χ1v) is 5.72. The number of carbonyl (C=O) groups is 1. The Hall–Kier alpha value is -2.07. The van der Waals surface area contributed by atoms with E-state index in [1.807, 2.05) is 0 Å². The van der Waals surface area contributed by atoms with E-state index in [4.69, 9.17) is 5.53 Å². The highest BCUT2D eigenvalue weighted by atomic mass is 19.1. The molecule has 2 rings (SSSR count). The van der Waals surface area contributed by atoms with E-state index >= 15 is 0 Å². The van der Waals surface area contributed by atoms with Gasteiger partial charge in [-0.2, -0.15) is 0 Å². The van der Waals surface area contributed by atoms with Crippen molar-refractivity contribution in [3.8, 4) is 0 Å². The number of likely N-dealkylation sites (tertiary alicyclic amines) is 1. The molecule has 0 N–H and O–H groups in total. The molecule has 0 aromatic heterocycles. The van der Waals surface area contributed by atoms with Crippen molar-refractivity contribution < 1.29 is 9.18 Å². The Labute approximate surface area is 104 Å². The van der Waals surface area contributed by atoms with Crippen molar-refractivity contribution in [2.24, 2.45) is 11.0 Å². The van der Waals surface area contributed by atoms with Gasteiger partial charge in [0.05, 0.1) is 0 Å². The van der Waals surface area contributed by atoms with E-state index in [0.29, 0.717) is 25.1 Å². The van der Waals surface area contributed by atoms with Crippen LogP contribution in [0.4, 0.5) is 4.39 Å². The number of amides is 1. The summed E-state index contributed by atoms with van der Waals surface area (Å²) in [5, 5.41) is 3.47. The zero-order valence-corrected chi connectivity index (χ0v) is 9.79. The van der Waals surface area contributed by atoms with Crippen molar-refractivity contribution in [2.75, 3.05) is 13.1 Å². The molecular weight excluding hydrogens is 235 g/mol. The first-order valence-electron chi connectivity index (χ1n) is 5.72. The number of halogens is 1. The molecule has 1 aromatic rings. The molecule has 1 atom stereocenters. The molecule has 1 aliphatic rings. The van der Waals surface area contributed by atoms with Gasteiger partial charge in [-0.25, -0.2) is 4.39 Å². The number of carbonyl (C=O) groups excluding carboxylic acids is 1. The Balaban J connectivity index is 2.00. The van der Waals surface area contributed by atoms with E-state index in [1.54, 1.807) is 23.1 Å². The SMILES string of the molecule is [N-]=[N+]=NCC1CC(=O)N(Cc2ccccc2F)C1. The van der Waals surface area contributed by atoms with Gasteiger partial charge in [-0.1, -0.05) is 23.3 Å². The summed E-state index contributed by atoms with van der Waals surface area (Å²) >= 11 is 0. The van der Waals surface area contributed by atoms with Gasteiger partial charge in [0.25, 0.3) is 0 Å². The van der Waals surface area contributed by atoms with Crippen molar-refractivity contribution in [3.05, 3.63) is 46.1 Å². The Morgan fingerprint density at radius 3 is 3.00 bits per heavy atom. The van der Waals surface area contributed by atoms with Crippen LogP contribution in [0.1, 0.15) is 12.0 Å². The van der Waals surface area contributed by atoms with Gasteiger partial charge in [0.2, 0.25) is 5.91 Å². The fourth-order valence-electron chi connectivity index (χ4n) is 2.11. The van der Waals surface area contributed by atoms with Crippen LogP contribution >= 0.6 is 0 Å². The van der Waals surface area contributed by atoms with Crippen LogP contribution in [0.25, 0.3) is 10.4 Å². The Kier molecular flexibility index (Phi) is 3.79. The molecule has 1 heterocycles. The lowest BCUT2D eigenvalue weighted by Crippen LogP contribution is -2.25. The molecule has 0 radical (unpaired) electrons. The van der Waals surface area contributed by atoms with Crippen molar-refractivity contribution >= 4 is 5.91 Å². The minimum atomic E-state index is -0.302. The summed E-state index contributed by atoms with van der Waals surface area (Å²) in [5.41, 5.74) is 8.75. The normalized spacial score (nSPS) is 18.8. The first kappa shape index (κ1) is 12.4. The highest BCUT2D eigenvalue weighted by Gasteiger charge is 2.29. The molecule has 1 saturated heterocycles. The molecule has 6 heteroatoms. The van der Waals surface area contributed by atoms with E-state index < -0.39 is 0 Å². The topological polar surface area (TPSA) is 69.1 Å². The maximum atomic E-state index is 13.5. The first-order chi connectivity index (χ1) is 8.70. The lowest BCUT2D eigenvalue weighted by Gasteiger charge is -2.16. The van der Waals surface area contributed by atoms with Crippen molar-refractivity contribution in [1.29, 1.82) is 0 Å². The van der Waals surface area contributed by atoms with Crippen LogP contribution in [-0.2, 0) is 11.3 Å². The quantitative estimate of drug-likeness (QED) is 0.458. The Morgan fingerprint density at radius 1 is 1.50 bits per heavy atom. The van der Waals surface area contributed by atoms with Crippen molar-refractivity contribution in [3.63, 3.8) is 0 Å². The van der Waals surface area contributed by atoms with Gasteiger partial charge in [0.15, 0.2) is 0 Å². The lowest BCUT2D eigenvalue weighted by molar-refractivity contribution is -0.128. The molecule has 0 bridgehead atoms. The summed E-state index contributed by atoms with van der Waals surface area (Å²) < 4.78 is 13.5. The van der Waals surface area contributed by atoms with Crippen molar-refractivity contribution in [1.82, 2.24) is 4.90 Å². The molecule has 1 aromatic carbocycles. The minimum Gasteiger partial charge on any atom is -0.338 e. The monoisotopic (exact) mass is 248 g/mol. The van der Waals surface area contributed by atoms with Gasteiger partial charge in [-0.3, -0.25) is 4.79 Å². The summed E-state index contributed by atoms with van der Waals surface area (Å²) in [6.45, 7) is 1.11. The standard InChI is InChI=1S/C12H13FN4O/c13-11-4-2-1-3-10(11)8-17-7-9(5-12(17)18)6-15-16-14/h1-4,9H,5-8H2. The number of rotatable bonds is 4. The second-order valence-corrected chi connectivity index (χ2v) is 4.35. The van der Waals surface area contributed by atoms with Crippen molar-refractivity contribution in [2.45, 2.75) is 13.0 Å². The van der Waals surface area contributed by atoms with Crippen LogP contribution in [0.5, 0.6) is 0 Å². The molecule has 1 fully saturated rings. The van der Waals surface area contributed by atoms with E-state index in [1.165, 1.54) is 6.07 Å². The maximum Gasteiger partial charge on any atom is 0.223 e. The summed E-state index contributed by atoms with van der Waals surface area (Å²) in [4.78, 5) is 16.0. The molecule has 0 aliphatic carbocycles. The molecule has 1 aliphatic heterocycles. The Morgan fingerprint density at radius 2 is 2.28 bits per heavy atom. The number of benzene rings is 1. The predicted molar refractivity (Wildman–Crippen MR) is 63.9 cm³/mol. The highest BCUT2D eigenvalue weighted by molar-refractivity contribution is 5.78. The summed E-state index contributed by atoms with van der Waals surface area (Å²) in [7, 11) is 0. The third-order valence-electron chi connectivity index (χ3n) is 3.02. The predicted octanol–water partition coefficient (Wildman–Crippen LogP) is 2.48. The molecule has 0 saturated carbocycles. The van der Waals surface area contributed by atoms with Crippen LogP contribution in [0.15, 0.2) is 29.4 Å². The number of azide groups is 1. The third-order valence-corrected chi connectivity index (χ3v) is 3.02. The van der Waals surface area contributed by atoms with E-state index in [9.17, 15) is 9.18 Å². The van der Waals surface area contributed by atoms with Crippen LogP contribution in [0, 0.1) is 11.7 Å². The van der Waals surface area contributed by atoms with E-state index in [2.05, 4.69) is 10.0 Å². The van der Waals surface area contributed by atoms with Gasteiger partial charge in [-0.05, 0) is 17.5 Å². The molecule has 94 valence electrons. The largest absolute Gasteiger partial charge is 0.338 e. The fourth-order valence-corrected chi connectivity index (χ4v) is 2.11. The summed E-state index contributed by atoms with van der Waals surface area (Å²) in [6.07, 6.45) is 0.369. The maximum absolute atomic E-state index is 13.5. The van der Waals surface area contributed by atoms with Gasteiger partial charge in [-0.15, -0.1) is 0 Å². The van der Waals surface area contributed by atoms with Crippen LogP contribution in [0.2, 0.25) is 0 Å². The molecule has 1 unspecified atom stereocenters. The molecular formula is C12H13FN4O. The zero-order chi connectivity index (χ0) is 13.0. The molecule has 18 heavy (non-hydrogen) atoms. The van der Waals surface area contributed by atoms with Crippen LogP contribution in [0.3, 0.4) is 0 Å². The number of hydrogen-bond donors (Lipinski definition) is 0. The number of hydrogen-bond acceptors (Lipinski definition) is 2. The highest BCUT2D eigenvalue weighted by Crippen LogP contribution is 2.21. The average molecular weight is 248 g/mol. The van der Waals surface area contributed by atoms with E-state index in [0.717, 1.165) is 0 Å². The summed E-state index contributed by atoms with van der Waals surface area (Å²) in [6, 6.07) is 6.42. The smallest absolute Gasteiger partial charge is 0.223 e. The van der Waals surface area contributed by atoms with Crippen LogP contribution < -0.4 is 0 Å². The van der Waals surface area contributed by atoms with Crippen LogP contribution in [-0.4, -0.2) is 23.9 Å². The molecule has 5 nitrogen and oxygen atoms in total. The summed E-state index contributed by atoms with van der Waals surface area (Å²) in [5.74, 6) is -0.277. The second kappa shape index (κ2) is 5.51. The Bertz CT molecular complexity index is 499. The van der Waals surface area contributed by atoms with E-state index in [-0.39, 0.29) is 24.2 Å². The van der Waals surface area contributed by atoms with Gasteiger partial charge in [0, 0.05) is 36.5 Å². The number of nitrogens with zero attached hydrogens (tertiary/aromatic N) is 4. The lowest BCUT2D eigenvalue weighted by atomic mass is 10.1. The average Bonchev–Trinajstić information content (AvgIpc) is 2.70. The zero-order valence-electron chi connectivity index (χ0n) is 9.79. The fraction of sp³-hybridized carbons (Fsp3) is 0.417. The van der Waals surface area contributed by atoms with Gasteiger partial charge in [0.1, 0.15) is 5.82 Å². The van der Waals surface area contributed by atoms with Gasteiger partial charge >= 0.3 is 0 Å². The van der Waals surface area contributed by atoms with Gasteiger partial charge < -0.3 is 4.90 Å². The molecule has 1 amide bonds. The second-order valence-electron chi connectivity index (χ2n) is 4.35. The third kappa shape index (κ3) is 2.78. The minimum absolute atomic E-state index is 0.0172. The molecule has 0 spiro atoms.